The number of unbranched alkanes of at least 4 members (excludes halogenated alkanes) is 1. The number of nitrogens with two attached hydrogens (primary N) is 1. The number of halogens is 2. The Morgan fingerprint density at radius 3 is 2.47 bits per heavy atom. The van der Waals surface area contributed by atoms with Crippen molar-refractivity contribution >= 4 is 34.6 Å². The van der Waals surface area contributed by atoms with Crippen molar-refractivity contribution < 1.29 is 32.6 Å². The average Bonchev–Trinajstić information content (AvgIpc) is 2.98. The zero-order valence-electron chi connectivity index (χ0n) is 24.1. The van der Waals surface area contributed by atoms with Crippen LogP contribution in [0.3, 0.4) is 0 Å². The first kappa shape index (κ1) is 35.1. The maximum absolute atomic E-state index is 14.1. The van der Waals surface area contributed by atoms with Crippen molar-refractivity contribution in [3.05, 3.63) is 71.9 Å². The van der Waals surface area contributed by atoms with Crippen LogP contribution in [0.1, 0.15) is 52.5 Å². The molecule has 9 nitrogen and oxygen atoms in total. The summed E-state index contributed by atoms with van der Waals surface area (Å²) in [5.74, 6) is -2.47. The predicted molar refractivity (Wildman–Crippen MR) is 162 cm³/mol. The van der Waals surface area contributed by atoms with Crippen LogP contribution in [0, 0.1) is 17.6 Å². The minimum atomic E-state index is -0.974. The number of hydrogen-bond acceptors (Lipinski definition) is 7. The van der Waals surface area contributed by atoms with Gasteiger partial charge < -0.3 is 20.1 Å². The Balaban J connectivity index is 0.00000645. The van der Waals surface area contributed by atoms with E-state index in [9.17, 15) is 23.2 Å². The summed E-state index contributed by atoms with van der Waals surface area (Å²) in [6.07, 6.45) is 2.36. The van der Waals surface area contributed by atoms with E-state index in [1.165, 1.54) is 17.0 Å². The highest BCUT2D eigenvalue weighted by Gasteiger charge is 2.23. The molecule has 0 spiro atoms. The van der Waals surface area contributed by atoms with E-state index in [0.717, 1.165) is 16.8 Å². The van der Waals surface area contributed by atoms with Gasteiger partial charge in [0.1, 0.15) is 18.5 Å². The number of esters is 1. The number of carbonyl (C=O) groups excluding carboxylic acids is 3. The van der Waals surface area contributed by atoms with Gasteiger partial charge in [-0.15, -0.1) is 0 Å². The SMILES string of the molecule is C.CC(C)[C@@H](N)C(=O)OCCCC[C@@H](COC(=O)Nc1cc2ccccc2cn1)N(C)C(=O)CCc1cccc(F)c1F. The molecule has 234 valence electrons. The van der Waals surface area contributed by atoms with Crippen LogP contribution in [0.5, 0.6) is 0 Å². The Morgan fingerprint density at radius 2 is 1.74 bits per heavy atom. The number of rotatable bonds is 14. The van der Waals surface area contributed by atoms with Crippen LogP contribution in [-0.2, 0) is 25.5 Å². The monoisotopic (exact) mass is 600 g/mol. The van der Waals surface area contributed by atoms with Crippen LogP contribution in [0.25, 0.3) is 10.8 Å². The molecule has 1 heterocycles. The smallest absolute Gasteiger partial charge is 0.412 e. The Hall–Kier alpha value is -4.12. The fraction of sp³-hybridized carbons (Fsp3) is 0.438. The first-order valence-corrected chi connectivity index (χ1v) is 14.0. The summed E-state index contributed by atoms with van der Waals surface area (Å²) < 4.78 is 38.3. The zero-order chi connectivity index (χ0) is 30.6. The van der Waals surface area contributed by atoms with Gasteiger partial charge in [0.05, 0.1) is 12.6 Å². The van der Waals surface area contributed by atoms with Crippen LogP contribution >= 0.6 is 0 Å². The molecule has 0 aliphatic carbocycles. The van der Waals surface area contributed by atoms with E-state index in [0.29, 0.717) is 25.1 Å². The highest BCUT2D eigenvalue weighted by atomic mass is 19.2. The molecule has 0 fully saturated rings. The predicted octanol–water partition coefficient (Wildman–Crippen LogP) is 5.85. The third-order valence-corrected chi connectivity index (χ3v) is 7.02. The van der Waals surface area contributed by atoms with Gasteiger partial charge >= 0.3 is 12.1 Å². The molecule has 43 heavy (non-hydrogen) atoms. The third-order valence-electron chi connectivity index (χ3n) is 7.02. The normalized spacial score (nSPS) is 12.3. The minimum Gasteiger partial charge on any atom is -0.465 e. The fourth-order valence-electron chi connectivity index (χ4n) is 4.24. The first-order chi connectivity index (χ1) is 20.1. The number of aryl methyl sites for hydroxylation is 1. The summed E-state index contributed by atoms with van der Waals surface area (Å²) in [4.78, 5) is 43.2. The fourth-order valence-corrected chi connectivity index (χ4v) is 4.24. The second-order valence-corrected chi connectivity index (χ2v) is 10.4. The van der Waals surface area contributed by atoms with Gasteiger partial charge in [-0.2, -0.15) is 0 Å². The number of pyridine rings is 1. The molecular weight excluding hydrogens is 558 g/mol. The number of carbonyl (C=O) groups is 3. The van der Waals surface area contributed by atoms with Crippen molar-refractivity contribution in [1.82, 2.24) is 9.88 Å². The molecule has 2 aromatic carbocycles. The second-order valence-electron chi connectivity index (χ2n) is 10.4. The molecule has 0 aliphatic heterocycles. The number of anilines is 1. The van der Waals surface area contributed by atoms with Crippen molar-refractivity contribution in [3.8, 4) is 0 Å². The molecule has 11 heteroatoms. The molecule has 0 bridgehead atoms. The number of nitrogens with zero attached hydrogens (tertiary/aromatic N) is 2. The number of aromatic nitrogens is 1. The Morgan fingerprint density at radius 1 is 1.02 bits per heavy atom. The number of fused-ring (bicyclic) bond motifs is 1. The number of amides is 2. The number of benzene rings is 2. The molecular formula is C32H42F2N4O5. The molecule has 0 saturated heterocycles. The van der Waals surface area contributed by atoms with Crippen LogP contribution in [0.4, 0.5) is 19.4 Å². The van der Waals surface area contributed by atoms with Crippen LogP contribution < -0.4 is 11.1 Å². The number of nitrogens with one attached hydrogen (secondary N) is 1. The maximum atomic E-state index is 14.1. The van der Waals surface area contributed by atoms with Gasteiger partial charge in [0.2, 0.25) is 5.91 Å². The van der Waals surface area contributed by atoms with Gasteiger partial charge in [0.25, 0.3) is 0 Å². The highest BCUT2D eigenvalue weighted by Crippen LogP contribution is 2.18. The minimum absolute atomic E-state index is 0. The molecule has 2 atom stereocenters. The standard InChI is InChI=1S/C31H38F2N4O5.CH4/c1-20(2)29(34)30(39)41-16-7-6-12-24(37(3)27(38)15-14-21-11-8-13-25(32)28(21)33)19-42-31(40)36-26-17-22-9-4-5-10-23(22)18-35-26;/h4-5,8-11,13,17-18,20,24,29H,6-7,12,14-16,19,34H2,1-3H3,(H,35,36,40);1H4/t24-,29+;/m0./s1. The summed E-state index contributed by atoms with van der Waals surface area (Å²) in [5, 5.41) is 4.42. The molecule has 3 aromatic rings. The molecule has 3 rings (SSSR count). The van der Waals surface area contributed by atoms with Crippen LogP contribution in [-0.4, -0.2) is 60.2 Å². The summed E-state index contributed by atoms with van der Waals surface area (Å²) >= 11 is 0. The van der Waals surface area contributed by atoms with Gasteiger partial charge in [-0.1, -0.05) is 57.7 Å². The van der Waals surface area contributed by atoms with E-state index in [1.54, 1.807) is 19.3 Å². The van der Waals surface area contributed by atoms with E-state index in [4.69, 9.17) is 15.2 Å². The van der Waals surface area contributed by atoms with E-state index in [1.807, 2.05) is 38.1 Å². The van der Waals surface area contributed by atoms with Crippen molar-refractivity contribution in [2.75, 3.05) is 25.6 Å². The molecule has 2 amide bonds. The van der Waals surface area contributed by atoms with Crippen molar-refractivity contribution in [2.24, 2.45) is 11.7 Å². The lowest BCUT2D eigenvalue weighted by atomic mass is 10.1. The number of ether oxygens (including phenoxy) is 2. The van der Waals surface area contributed by atoms with Crippen LogP contribution in [0.2, 0.25) is 0 Å². The highest BCUT2D eigenvalue weighted by molar-refractivity contribution is 5.89. The molecule has 0 aliphatic rings. The van der Waals surface area contributed by atoms with E-state index in [-0.39, 0.29) is 50.9 Å². The second kappa shape index (κ2) is 17.1. The Bertz CT molecular complexity index is 1370. The largest absolute Gasteiger partial charge is 0.465 e. The molecule has 0 unspecified atom stereocenters. The summed E-state index contributed by atoms with van der Waals surface area (Å²) in [6, 6.07) is 11.9. The van der Waals surface area contributed by atoms with Gasteiger partial charge in [-0.3, -0.25) is 14.9 Å². The third kappa shape index (κ3) is 10.6. The lowest BCUT2D eigenvalue weighted by Gasteiger charge is -2.28. The Labute approximate surface area is 251 Å². The van der Waals surface area contributed by atoms with E-state index >= 15 is 0 Å². The molecule has 0 radical (unpaired) electrons. The lowest BCUT2D eigenvalue weighted by molar-refractivity contribution is -0.146. The van der Waals surface area contributed by atoms with Gasteiger partial charge in [-0.05, 0) is 54.7 Å². The van der Waals surface area contributed by atoms with E-state index < -0.39 is 35.8 Å². The average molecular weight is 601 g/mol. The lowest BCUT2D eigenvalue weighted by Crippen LogP contribution is -2.41. The topological polar surface area (TPSA) is 124 Å². The zero-order valence-corrected chi connectivity index (χ0v) is 24.1. The van der Waals surface area contributed by atoms with Gasteiger partial charge in [0, 0.05) is 25.1 Å². The number of hydrogen-bond donors (Lipinski definition) is 2. The summed E-state index contributed by atoms with van der Waals surface area (Å²) in [5.41, 5.74) is 5.92. The summed E-state index contributed by atoms with van der Waals surface area (Å²) in [7, 11) is 1.57. The van der Waals surface area contributed by atoms with Gasteiger partial charge in [0.15, 0.2) is 11.6 Å². The van der Waals surface area contributed by atoms with Crippen molar-refractivity contribution in [3.63, 3.8) is 0 Å². The molecule has 0 saturated carbocycles. The summed E-state index contributed by atoms with van der Waals surface area (Å²) in [6.45, 7) is 3.71. The van der Waals surface area contributed by atoms with Gasteiger partial charge in [-0.25, -0.2) is 18.6 Å². The van der Waals surface area contributed by atoms with E-state index in [2.05, 4.69) is 10.3 Å². The molecule has 1 aromatic heterocycles. The van der Waals surface area contributed by atoms with Crippen molar-refractivity contribution in [2.45, 2.75) is 65.5 Å². The molecule has 3 N–H and O–H groups in total. The first-order valence-electron chi connectivity index (χ1n) is 14.0. The maximum Gasteiger partial charge on any atom is 0.412 e. The van der Waals surface area contributed by atoms with Crippen LogP contribution in [0.15, 0.2) is 54.7 Å². The quantitative estimate of drug-likeness (QED) is 0.176. The number of likely N-dealkylation sites (N-methyl/N-ethyl adjacent to an activating group) is 1. The van der Waals surface area contributed by atoms with Crippen molar-refractivity contribution in [1.29, 1.82) is 0 Å². The Kier molecular flexibility index (Phi) is 14.0.